The van der Waals surface area contributed by atoms with Crippen LogP contribution >= 0.6 is 0 Å². The molecule has 2 rings (SSSR count). The molecule has 0 bridgehead atoms. The zero-order valence-corrected chi connectivity index (χ0v) is 7.30. The van der Waals surface area contributed by atoms with Crippen LogP contribution in [0.3, 0.4) is 0 Å². The highest BCUT2D eigenvalue weighted by Crippen LogP contribution is 2.41. The number of rotatable bonds is 0. The van der Waals surface area contributed by atoms with Crippen molar-refractivity contribution in [2.24, 2.45) is 0 Å². The third-order valence-corrected chi connectivity index (χ3v) is 2.52. The van der Waals surface area contributed by atoms with Gasteiger partial charge in [0.25, 0.3) is 0 Å². The number of aryl methyl sites for hydroxylation is 1. The summed E-state index contributed by atoms with van der Waals surface area (Å²) in [4.78, 5) is 0. The van der Waals surface area contributed by atoms with Crippen LogP contribution < -0.4 is 0 Å². The van der Waals surface area contributed by atoms with Crippen LogP contribution in [0.5, 0.6) is 0 Å². The molecule has 0 spiro atoms. The first kappa shape index (κ1) is 9.52. The summed E-state index contributed by atoms with van der Waals surface area (Å²) >= 11 is 0. The van der Waals surface area contributed by atoms with E-state index in [0.29, 0.717) is 18.4 Å². The van der Waals surface area contributed by atoms with Gasteiger partial charge in [0.15, 0.2) is 0 Å². The summed E-state index contributed by atoms with van der Waals surface area (Å²) < 4.78 is 37.5. The van der Waals surface area contributed by atoms with Gasteiger partial charge in [-0.3, -0.25) is 0 Å². The first-order valence-corrected chi connectivity index (χ1v) is 4.37. The minimum absolute atomic E-state index is 0.0694. The second kappa shape index (κ2) is 2.98. The van der Waals surface area contributed by atoms with Crippen molar-refractivity contribution in [3.63, 3.8) is 0 Å². The van der Waals surface area contributed by atoms with Crippen LogP contribution in [0.2, 0.25) is 0 Å². The zero-order valence-electron chi connectivity index (χ0n) is 7.30. The van der Waals surface area contributed by atoms with Gasteiger partial charge in [-0.25, -0.2) is 0 Å². The normalized spacial score (nSPS) is 21.0. The number of hydrogen-bond acceptors (Lipinski definition) is 1. The molecule has 0 saturated heterocycles. The molecule has 0 aromatic heterocycles. The summed E-state index contributed by atoms with van der Waals surface area (Å²) in [6.45, 7) is 0. The van der Waals surface area contributed by atoms with Crippen LogP contribution in [0.15, 0.2) is 18.2 Å². The fourth-order valence-electron chi connectivity index (χ4n) is 1.91. The van der Waals surface area contributed by atoms with Crippen molar-refractivity contribution in [2.75, 3.05) is 0 Å². The van der Waals surface area contributed by atoms with Crippen LogP contribution in [-0.4, -0.2) is 5.11 Å². The fraction of sp³-hybridized carbons (Fsp3) is 0.400. The lowest BCUT2D eigenvalue weighted by molar-refractivity contribution is -0.139. The van der Waals surface area contributed by atoms with Crippen molar-refractivity contribution < 1.29 is 18.3 Å². The van der Waals surface area contributed by atoms with E-state index in [0.717, 1.165) is 6.07 Å². The summed E-state index contributed by atoms with van der Waals surface area (Å²) in [5, 5.41) is 9.43. The first-order valence-electron chi connectivity index (χ1n) is 4.37. The fourth-order valence-corrected chi connectivity index (χ4v) is 1.91. The maximum Gasteiger partial charge on any atom is 0.416 e. The van der Waals surface area contributed by atoms with Gasteiger partial charge >= 0.3 is 6.18 Å². The van der Waals surface area contributed by atoms with Gasteiger partial charge in [0, 0.05) is 0 Å². The summed E-state index contributed by atoms with van der Waals surface area (Å²) in [6, 6.07) is 4.05. The Hall–Kier alpha value is -1.03. The predicted octanol–water partition coefficient (Wildman–Crippen LogP) is 2.69. The van der Waals surface area contributed by atoms with Crippen molar-refractivity contribution in [1.82, 2.24) is 0 Å². The zero-order chi connectivity index (χ0) is 10.3. The number of fused-ring (bicyclic) bond motifs is 1. The molecule has 1 nitrogen and oxygen atoms in total. The second-order valence-electron chi connectivity index (χ2n) is 3.43. The Morgan fingerprint density at radius 1 is 1.29 bits per heavy atom. The van der Waals surface area contributed by atoms with Crippen molar-refractivity contribution in [3.8, 4) is 0 Å². The van der Waals surface area contributed by atoms with E-state index in [1.54, 1.807) is 6.07 Å². The summed E-state index contributed by atoms with van der Waals surface area (Å²) in [7, 11) is 0. The molecule has 0 radical (unpaired) electrons. The SMILES string of the molecule is O[C@H]1CCc2cccc(C(F)(F)F)c21. The van der Waals surface area contributed by atoms with Gasteiger partial charge < -0.3 is 5.11 Å². The minimum atomic E-state index is -4.36. The number of aliphatic hydroxyl groups excluding tert-OH is 1. The lowest BCUT2D eigenvalue weighted by Crippen LogP contribution is -2.10. The molecule has 14 heavy (non-hydrogen) atoms. The van der Waals surface area contributed by atoms with Crippen molar-refractivity contribution in [2.45, 2.75) is 25.1 Å². The Bertz CT molecular complexity index is 357. The van der Waals surface area contributed by atoms with Crippen LogP contribution in [0.1, 0.15) is 29.2 Å². The highest BCUT2D eigenvalue weighted by molar-refractivity contribution is 5.41. The smallest absolute Gasteiger partial charge is 0.388 e. The van der Waals surface area contributed by atoms with E-state index in [1.807, 2.05) is 0 Å². The molecular formula is C10H9F3O. The number of halogens is 3. The van der Waals surface area contributed by atoms with Crippen LogP contribution in [-0.2, 0) is 12.6 Å². The molecule has 1 N–H and O–H groups in total. The van der Waals surface area contributed by atoms with Crippen LogP contribution in [0.4, 0.5) is 13.2 Å². The number of aliphatic hydroxyl groups is 1. The van der Waals surface area contributed by atoms with E-state index in [4.69, 9.17) is 0 Å². The quantitative estimate of drug-likeness (QED) is 0.685. The standard InChI is InChI=1S/C10H9F3O/c11-10(12,13)7-3-1-2-6-4-5-8(14)9(6)7/h1-3,8,14H,4-5H2/t8-/m0/s1. The van der Waals surface area contributed by atoms with Gasteiger partial charge in [-0.15, -0.1) is 0 Å². The van der Waals surface area contributed by atoms with Gasteiger partial charge in [0.1, 0.15) is 0 Å². The van der Waals surface area contributed by atoms with E-state index in [2.05, 4.69) is 0 Å². The molecule has 1 aliphatic carbocycles. The van der Waals surface area contributed by atoms with E-state index >= 15 is 0 Å². The van der Waals surface area contributed by atoms with Gasteiger partial charge in [-0.1, -0.05) is 12.1 Å². The Labute approximate surface area is 79.2 Å². The predicted molar refractivity (Wildman–Crippen MR) is 44.7 cm³/mol. The van der Waals surface area contributed by atoms with Gasteiger partial charge in [-0.05, 0) is 30.0 Å². The largest absolute Gasteiger partial charge is 0.416 e. The molecule has 4 heteroatoms. The number of hydrogen-bond donors (Lipinski definition) is 1. The van der Waals surface area contributed by atoms with E-state index in [1.165, 1.54) is 6.07 Å². The molecule has 0 amide bonds. The van der Waals surface area contributed by atoms with Crippen molar-refractivity contribution in [3.05, 3.63) is 34.9 Å². The lowest BCUT2D eigenvalue weighted by Gasteiger charge is -2.13. The lowest BCUT2D eigenvalue weighted by atomic mass is 10.0. The Balaban J connectivity index is 2.58. The average molecular weight is 202 g/mol. The van der Waals surface area contributed by atoms with Crippen LogP contribution in [0.25, 0.3) is 0 Å². The molecule has 1 aromatic rings. The molecule has 0 fully saturated rings. The molecule has 1 aromatic carbocycles. The molecule has 0 saturated carbocycles. The summed E-state index contributed by atoms with van der Waals surface area (Å²) in [5.74, 6) is 0. The molecular weight excluding hydrogens is 193 g/mol. The van der Waals surface area contributed by atoms with Crippen LogP contribution in [0, 0.1) is 0 Å². The van der Waals surface area contributed by atoms with Gasteiger partial charge in [0.05, 0.1) is 11.7 Å². The average Bonchev–Trinajstić information content (AvgIpc) is 2.46. The Kier molecular flexibility index (Phi) is 2.03. The molecule has 0 aliphatic heterocycles. The Morgan fingerprint density at radius 3 is 2.64 bits per heavy atom. The maximum absolute atomic E-state index is 12.5. The summed E-state index contributed by atoms with van der Waals surface area (Å²) in [6.07, 6.45) is -4.40. The highest BCUT2D eigenvalue weighted by Gasteiger charge is 2.37. The molecule has 1 aliphatic rings. The van der Waals surface area contributed by atoms with E-state index < -0.39 is 17.8 Å². The third kappa shape index (κ3) is 1.39. The molecule has 0 heterocycles. The third-order valence-electron chi connectivity index (χ3n) is 2.52. The van der Waals surface area contributed by atoms with E-state index in [-0.39, 0.29) is 5.56 Å². The number of benzene rings is 1. The molecule has 1 atom stereocenters. The monoisotopic (exact) mass is 202 g/mol. The number of alkyl halides is 3. The summed E-state index contributed by atoms with van der Waals surface area (Å²) in [5.41, 5.74) is -0.00711. The van der Waals surface area contributed by atoms with Gasteiger partial charge in [-0.2, -0.15) is 13.2 Å². The molecule has 0 unspecified atom stereocenters. The van der Waals surface area contributed by atoms with Gasteiger partial charge in [0.2, 0.25) is 0 Å². The molecule has 76 valence electrons. The maximum atomic E-state index is 12.5. The Morgan fingerprint density at radius 2 is 2.00 bits per heavy atom. The minimum Gasteiger partial charge on any atom is -0.388 e. The van der Waals surface area contributed by atoms with Crippen molar-refractivity contribution >= 4 is 0 Å². The second-order valence-corrected chi connectivity index (χ2v) is 3.43. The van der Waals surface area contributed by atoms with E-state index in [9.17, 15) is 18.3 Å². The highest BCUT2D eigenvalue weighted by atomic mass is 19.4. The van der Waals surface area contributed by atoms with Crippen molar-refractivity contribution in [1.29, 1.82) is 0 Å². The first-order chi connectivity index (χ1) is 6.50. The topological polar surface area (TPSA) is 20.2 Å².